The SMILES string of the molecule is CCC(=O)CCc1ccc(O)c2c1C[C@]1(C)C[C@]3(C)C(C(C)C)C(O)=C(C(C)=O)C(=O)[C@]3(O)C(O)=C1C2=O. The summed E-state index contributed by atoms with van der Waals surface area (Å²) in [6, 6.07) is 3.07. The number of benzene rings is 1. The van der Waals surface area contributed by atoms with Gasteiger partial charge in [0.05, 0.1) is 5.56 Å². The molecule has 0 saturated carbocycles. The number of phenols is 1. The monoisotopic (exact) mass is 524 g/mol. The molecule has 0 heterocycles. The van der Waals surface area contributed by atoms with E-state index in [-0.39, 0.29) is 47.8 Å². The van der Waals surface area contributed by atoms with E-state index in [0.717, 1.165) is 12.5 Å². The lowest BCUT2D eigenvalue weighted by Gasteiger charge is -2.59. The van der Waals surface area contributed by atoms with Crippen LogP contribution in [0.5, 0.6) is 5.75 Å². The predicted molar refractivity (Wildman–Crippen MR) is 139 cm³/mol. The van der Waals surface area contributed by atoms with Crippen molar-refractivity contribution in [3.63, 3.8) is 0 Å². The third-order valence-corrected chi connectivity index (χ3v) is 9.06. The first-order valence-corrected chi connectivity index (χ1v) is 13.1. The minimum atomic E-state index is -2.63. The third-order valence-electron chi connectivity index (χ3n) is 9.06. The van der Waals surface area contributed by atoms with Crippen LogP contribution in [-0.2, 0) is 27.2 Å². The second kappa shape index (κ2) is 8.90. The molecule has 1 unspecified atom stereocenters. The van der Waals surface area contributed by atoms with Gasteiger partial charge in [-0.3, -0.25) is 19.2 Å². The Morgan fingerprint density at radius 1 is 1.11 bits per heavy atom. The van der Waals surface area contributed by atoms with Gasteiger partial charge in [-0.1, -0.05) is 40.7 Å². The lowest BCUT2D eigenvalue weighted by atomic mass is 9.44. The van der Waals surface area contributed by atoms with Crippen LogP contribution in [0.25, 0.3) is 0 Å². The largest absolute Gasteiger partial charge is 0.511 e. The fraction of sp³-hybridized carbons (Fsp3) is 0.533. The summed E-state index contributed by atoms with van der Waals surface area (Å²) in [5.74, 6) is -5.27. The maximum absolute atomic E-state index is 14.0. The molecule has 4 N–H and O–H groups in total. The summed E-state index contributed by atoms with van der Waals surface area (Å²) in [5, 5.41) is 45.6. The van der Waals surface area contributed by atoms with E-state index < -0.39 is 56.8 Å². The van der Waals surface area contributed by atoms with Gasteiger partial charge in [-0.2, -0.15) is 0 Å². The molecule has 204 valence electrons. The lowest BCUT2D eigenvalue weighted by Crippen LogP contribution is -2.67. The highest BCUT2D eigenvalue weighted by atomic mass is 16.3. The second-order valence-corrected chi connectivity index (χ2v) is 12.0. The van der Waals surface area contributed by atoms with Crippen LogP contribution in [0, 0.1) is 22.7 Å². The average molecular weight is 525 g/mol. The zero-order chi connectivity index (χ0) is 28.5. The van der Waals surface area contributed by atoms with Gasteiger partial charge in [0, 0.05) is 35.2 Å². The van der Waals surface area contributed by atoms with Crippen molar-refractivity contribution in [1.82, 2.24) is 0 Å². The zero-order valence-corrected chi connectivity index (χ0v) is 22.8. The normalized spacial score (nSPS) is 30.8. The van der Waals surface area contributed by atoms with Gasteiger partial charge in [0.25, 0.3) is 0 Å². The Bertz CT molecular complexity index is 1350. The van der Waals surface area contributed by atoms with Gasteiger partial charge in [0.15, 0.2) is 17.2 Å². The fourth-order valence-electron chi connectivity index (χ4n) is 7.48. The maximum atomic E-state index is 14.0. The molecule has 0 bridgehead atoms. The van der Waals surface area contributed by atoms with Crippen molar-refractivity contribution in [2.75, 3.05) is 0 Å². The van der Waals surface area contributed by atoms with E-state index in [1.54, 1.807) is 40.7 Å². The van der Waals surface area contributed by atoms with Gasteiger partial charge >= 0.3 is 0 Å². The Morgan fingerprint density at radius 2 is 1.74 bits per heavy atom. The van der Waals surface area contributed by atoms with Crippen LogP contribution in [0.4, 0.5) is 0 Å². The first-order valence-electron chi connectivity index (χ1n) is 13.1. The number of ketones is 4. The van der Waals surface area contributed by atoms with Crippen molar-refractivity contribution < 1.29 is 39.6 Å². The van der Waals surface area contributed by atoms with Crippen molar-refractivity contribution in [3.05, 3.63) is 51.5 Å². The molecule has 0 fully saturated rings. The van der Waals surface area contributed by atoms with Gasteiger partial charge in [0.1, 0.15) is 28.6 Å². The quantitative estimate of drug-likeness (QED) is 0.403. The molecular weight excluding hydrogens is 488 g/mol. The standard InChI is InChI=1S/C30H36O8/c1-7-17(32)10-8-16-9-11-19(33)21-18(16)12-28(5)13-29(6)22(14(2)3)24(34)20(15(4)31)26(36)30(29,38)27(37)23(28)25(21)35/h9,11,14,22,33-34,37-38H,7-8,10,12-13H2,1-6H3/t22?,28-,29-,30+/m1/s1. The Kier molecular flexibility index (Phi) is 6.50. The van der Waals surface area contributed by atoms with Gasteiger partial charge in [0.2, 0.25) is 5.78 Å². The summed E-state index contributed by atoms with van der Waals surface area (Å²) in [6.45, 7) is 9.83. The molecule has 1 aromatic rings. The molecular formula is C30H36O8. The van der Waals surface area contributed by atoms with Crippen molar-refractivity contribution in [2.24, 2.45) is 22.7 Å². The molecule has 3 aliphatic rings. The number of carbonyl (C=O) groups excluding carboxylic acids is 4. The lowest BCUT2D eigenvalue weighted by molar-refractivity contribution is -0.171. The summed E-state index contributed by atoms with van der Waals surface area (Å²) in [7, 11) is 0. The van der Waals surface area contributed by atoms with Gasteiger partial charge < -0.3 is 20.4 Å². The number of fused-ring (bicyclic) bond motifs is 3. The molecule has 3 aliphatic carbocycles. The fourth-order valence-corrected chi connectivity index (χ4v) is 7.48. The van der Waals surface area contributed by atoms with Crippen molar-refractivity contribution in [3.8, 4) is 5.75 Å². The Morgan fingerprint density at radius 3 is 2.29 bits per heavy atom. The Hall–Kier alpha value is -3.26. The van der Waals surface area contributed by atoms with E-state index in [0.29, 0.717) is 18.4 Å². The highest BCUT2D eigenvalue weighted by molar-refractivity contribution is 6.25. The number of aliphatic hydroxyl groups is 3. The van der Waals surface area contributed by atoms with Gasteiger partial charge in [-0.15, -0.1) is 0 Å². The third kappa shape index (κ3) is 3.52. The van der Waals surface area contributed by atoms with E-state index in [2.05, 4.69) is 0 Å². The summed E-state index contributed by atoms with van der Waals surface area (Å²) in [6.07, 6.45) is 1.28. The minimum Gasteiger partial charge on any atom is -0.511 e. The Labute approximate surface area is 222 Å². The Balaban J connectivity index is 1.99. The van der Waals surface area contributed by atoms with Crippen LogP contribution < -0.4 is 0 Å². The van der Waals surface area contributed by atoms with E-state index in [1.807, 2.05) is 0 Å². The summed E-state index contributed by atoms with van der Waals surface area (Å²) in [4.78, 5) is 52.1. The molecule has 0 aliphatic heterocycles. The van der Waals surface area contributed by atoms with Gasteiger partial charge in [-0.25, -0.2) is 0 Å². The number of allylic oxidation sites excluding steroid dienone is 2. The van der Waals surface area contributed by atoms with Crippen LogP contribution >= 0.6 is 0 Å². The highest BCUT2D eigenvalue weighted by Gasteiger charge is 2.71. The zero-order valence-electron chi connectivity index (χ0n) is 22.8. The van der Waals surface area contributed by atoms with Crippen molar-refractivity contribution >= 4 is 23.1 Å². The van der Waals surface area contributed by atoms with E-state index >= 15 is 0 Å². The van der Waals surface area contributed by atoms with Crippen molar-refractivity contribution in [1.29, 1.82) is 0 Å². The number of Topliss-reactive ketones (excluding diaryl/α,β-unsaturated/α-hetero) is 4. The number of hydrogen-bond donors (Lipinski definition) is 4. The van der Waals surface area contributed by atoms with E-state index in [9.17, 15) is 39.6 Å². The van der Waals surface area contributed by atoms with Crippen LogP contribution in [0.15, 0.2) is 34.8 Å². The van der Waals surface area contributed by atoms with Crippen molar-refractivity contribution in [2.45, 2.75) is 79.2 Å². The number of phenolic OH excluding ortho intramolecular Hbond substituents is 1. The number of aliphatic hydroxyl groups excluding tert-OH is 2. The maximum Gasteiger partial charge on any atom is 0.209 e. The van der Waals surface area contributed by atoms with E-state index in [1.165, 1.54) is 6.07 Å². The van der Waals surface area contributed by atoms with Crippen LogP contribution in [0.3, 0.4) is 0 Å². The molecule has 38 heavy (non-hydrogen) atoms. The first kappa shape index (κ1) is 27.8. The highest BCUT2D eigenvalue weighted by Crippen LogP contribution is 2.65. The molecule has 8 nitrogen and oxygen atoms in total. The number of carbonyl (C=O) groups is 4. The number of aromatic hydroxyl groups is 1. The molecule has 0 spiro atoms. The molecule has 0 radical (unpaired) electrons. The molecule has 1 aromatic carbocycles. The minimum absolute atomic E-state index is 0.0217. The second-order valence-electron chi connectivity index (χ2n) is 12.0. The first-order chi connectivity index (χ1) is 17.6. The molecule has 0 aromatic heterocycles. The number of aryl methyl sites for hydroxylation is 1. The van der Waals surface area contributed by atoms with Crippen LogP contribution in [-0.4, -0.2) is 49.2 Å². The molecule has 4 atom stereocenters. The van der Waals surface area contributed by atoms with Crippen LogP contribution in [0.1, 0.15) is 82.3 Å². The van der Waals surface area contributed by atoms with Crippen LogP contribution in [0.2, 0.25) is 0 Å². The smallest absolute Gasteiger partial charge is 0.209 e. The summed E-state index contributed by atoms with van der Waals surface area (Å²) >= 11 is 0. The van der Waals surface area contributed by atoms with E-state index in [4.69, 9.17) is 0 Å². The van der Waals surface area contributed by atoms with Gasteiger partial charge in [-0.05, 0) is 49.3 Å². The average Bonchev–Trinajstić information content (AvgIpc) is 2.80. The summed E-state index contributed by atoms with van der Waals surface area (Å²) < 4.78 is 0. The molecule has 8 heteroatoms. The summed E-state index contributed by atoms with van der Waals surface area (Å²) in [5.41, 5.74) is -4.63. The predicted octanol–water partition coefficient (Wildman–Crippen LogP) is 4.26. The molecule has 0 amide bonds. The topological polar surface area (TPSA) is 149 Å². The molecule has 0 saturated heterocycles. The number of rotatable bonds is 6. The number of hydrogen-bond acceptors (Lipinski definition) is 8. The molecule has 4 rings (SSSR count).